The minimum Gasteiger partial charge on any atom is -0.508 e. The van der Waals surface area contributed by atoms with E-state index in [9.17, 15) is 9.90 Å². The number of carbonyl (C=O) groups excluding carboxylic acids is 1. The average Bonchev–Trinajstić information content (AvgIpc) is 2.60. The van der Waals surface area contributed by atoms with Gasteiger partial charge in [-0.25, -0.2) is 0 Å². The van der Waals surface area contributed by atoms with E-state index in [0.717, 1.165) is 44.5 Å². The van der Waals surface area contributed by atoms with Gasteiger partial charge < -0.3 is 20.1 Å². The Labute approximate surface area is 151 Å². The van der Waals surface area contributed by atoms with Gasteiger partial charge in [-0.2, -0.15) is 0 Å². The number of halogens is 2. The van der Waals surface area contributed by atoms with Gasteiger partial charge >= 0.3 is 0 Å². The van der Waals surface area contributed by atoms with E-state index in [4.69, 9.17) is 27.9 Å². The number of aromatic hydroxyl groups is 1. The molecule has 2 N–H and O–H groups in total. The highest BCUT2D eigenvalue weighted by Crippen LogP contribution is 2.33. The van der Waals surface area contributed by atoms with Gasteiger partial charge in [-0.05, 0) is 36.8 Å². The van der Waals surface area contributed by atoms with E-state index < -0.39 is 0 Å². The molecule has 0 radical (unpaired) electrons. The number of carbonyl (C=O) groups is 1. The van der Waals surface area contributed by atoms with Crippen LogP contribution >= 0.6 is 23.2 Å². The normalized spacial score (nSPS) is 22.6. The number of morpholine rings is 1. The van der Waals surface area contributed by atoms with Crippen LogP contribution in [-0.2, 0) is 16.0 Å². The molecule has 0 saturated carbocycles. The molecule has 2 aliphatic rings. The minimum atomic E-state index is -0.214. The van der Waals surface area contributed by atoms with Gasteiger partial charge in [-0.3, -0.25) is 4.79 Å². The Morgan fingerprint density at radius 1 is 1.29 bits per heavy atom. The van der Waals surface area contributed by atoms with E-state index in [1.165, 1.54) is 6.07 Å². The number of rotatable bonds is 3. The Morgan fingerprint density at radius 3 is 2.67 bits per heavy atom. The van der Waals surface area contributed by atoms with E-state index in [2.05, 4.69) is 5.32 Å². The quantitative estimate of drug-likeness (QED) is 0.855. The second-order valence-corrected chi connectivity index (χ2v) is 7.26. The largest absolute Gasteiger partial charge is 0.508 e. The molecule has 2 fully saturated rings. The van der Waals surface area contributed by atoms with Crippen LogP contribution in [-0.4, -0.2) is 54.8 Å². The molecule has 1 atom stereocenters. The number of likely N-dealkylation sites (tertiary alicyclic amines) is 1. The molecule has 0 aromatic heterocycles. The summed E-state index contributed by atoms with van der Waals surface area (Å²) in [7, 11) is 0. The van der Waals surface area contributed by atoms with Crippen molar-refractivity contribution in [3.63, 3.8) is 0 Å². The lowest BCUT2D eigenvalue weighted by Crippen LogP contribution is -2.54. The van der Waals surface area contributed by atoms with Crippen LogP contribution < -0.4 is 5.32 Å². The van der Waals surface area contributed by atoms with E-state index in [0.29, 0.717) is 29.2 Å². The van der Waals surface area contributed by atoms with Crippen LogP contribution in [0.25, 0.3) is 0 Å². The van der Waals surface area contributed by atoms with Crippen LogP contribution in [0.5, 0.6) is 5.75 Å². The van der Waals surface area contributed by atoms with E-state index in [-0.39, 0.29) is 17.7 Å². The molecule has 2 saturated heterocycles. The van der Waals surface area contributed by atoms with Crippen LogP contribution in [0, 0.1) is 5.92 Å². The zero-order valence-electron chi connectivity index (χ0n) is 13.4. The molecule has 5 nitrogen and oxygen atoms in total. The summed E-state index contributed by atoms with van der Waals surface area (Å²) in [5.74, 6) is 0.741. The van der Waals surface area contributed by atoms with Crippen molar-refractivity contribution >= 4 is 29.1 Å². The van der Waals surface area contributed by atoms with Crippen LogP contribution in [0.3, 0.4) is 0 Å². The third-order valence-electron chi connectivity index (χ3n) is 4.78. The third-order valence-corrected chi connectivity index (χ3v) is 5.50. The molecular formula is C17H22Cl2N2O3. The zero-order valence-corrected chi connectivity index (χ0v) is 14.9. The number of phenols is 1. The lowest BCUT2D eigenvalue weighted by atomic mass is 9.89. The Kier molecular flexibility index (Phi) is 5.87. The van der Waals surface area contributed by atoms with E-state index >= 15 is 0 Å². The highest BCUT2D eigenvalue weighted by molar-refractivity contribution is 6.42. The van der Waals surface area contributed by atoms with Gasteiger partial charge in [0.05, 0.1) is 23.3 Å². The number of benzene rings is 1. The van der Waals surface area contributed by atoms with Crippen LogP contribution in [0.4, 0.5) is 0 Å². The van der Waals surface area contributed by atoms with Crippen molar-refractivity contribution in [3.05, 3.63) is 27.7 Å². The van der Waals surface area contributed by atoms with Crippen molar-refractivity contribution < 1.29 is 14.6 Å². The predicted octanol–water partition coefficient (Wildman–Crippen LogP) is 2.47. The summed E-state index contributed by atoms with van der Waals surface area (Å²) in [5, 5.41) is 14.1. The van der Waals surface area contributed by atoms with Crippen molar-refractivity contribution in [2.75, 3.05) is 32.8 Å². The maximum absolute atomic E-state index is 12.5. The van der Waals surface area contributed by atoms with Gasteiger partial charge in [0, 0.05) is 25.7 Å². The van der Waals surface area contributed by atoms with Crippen LogP contribution in [0.2, 0.25) is 10.0 Å². The van der Waals surface area contributed by atoms with Crippen molar-refractivity contribution in [2.24, 2.45) is 5.92 Å². The first-order chi connectivity index (χ1) is 11.5. The number of phenolic OH excluding ortho intramolecular Hbond substituents is 1. The van der Waals surface area contributed by atoms with E-state index in [1.54, 1.807) is 6.07 Å². The number of hydrogen-bond acceptors (Lipinski definition) is 4. The molecule has 7 heteroatoms. The first kappa shape index (κ1) is 17.8. The molecule has 132 valence electrons. The summed E-state index contributed by atoms with van der Waals surface area (Å²) in [6.45, 7) is 3.33. The lowest BCUT2D eigenvalue weighted by molar-refractivity contribution is -0.137. The molecule has 1 amide bonds. The Bertz CT molecular complexity index is 598. The summed E-state index contributed by atoms with van der Waals surface area (Å²) in [6, 6.07) is 3.02. The van der Waals surface area contributed by atoms with Gasteiger partial charge in [-0.1, -0.05) is 23.2 Å². The van der Waals surface area contributed by atoms with Crippen molar-refractivity contribution in [2.45, 2.75) is 25.3 Å². The number of amides is 1. The molecule has 1 aromatic carbocycles. The summed E-state index contributed by atoms with van der Waals surface area (Å²) in [5.41, 5.74) is 0.816. The number of nitrogens with one attached hydrogen (secondary N) is 1. The van der Waals surface area contributed by atoms with Gasteiger partial charge in [0.15, 0.2) is 0 Å². The molecule has 0 unspecified atom stereocenters. The molecule has 0 bridgehead atoms. The molecule has 24 heavy (non-hydrogen) atoms. The second kappa shape index (κ2) is 7.91. The molecule has 2 heterocycles. The first-order valence-corrected chi connectivity index (χ1v) is 9.07. The number of piperidine rings is 1. The molecule has 0 aliphatic carbocycles. The number of ether oxygens (including phenoxy) is 1. The summed E-state index contributed by atoms with van der Waals surface area (Å²) < 4.78 is 5.37. The maximum atomic E-state index is 12.5. The highest BCUT2D eigenvalue weighted by Gasteiger charge is 2.29. The highest BCUT2D eigenvalue weighted by atomic mass is 35.5. The predicted molar refractivity (Wildman–Crippen MR) is 93.7 cm³/mol. The second-order valence-electron chi connectivity index (χ2n) is 6.45. The summed E-state index contributed by atoms with van der Waals surface area (Å²) >= 11 is 11.9. The minimum absolute atomic E-state index is 0.130. The number of nitrogens with zero attached hydrogens (tertiary/aromatic N) is 1. The van der Waals surface area contributed by atoms with E-state index in [1.807, 2.05) is 4.90 Å². The van der Waals surface area contributed by atoms with Crippen molar-refractivity contribution in [3.8, 4) is 5.75 Å². The Balaban J connectivity index is 1.53. The summed E-state index contributed by atoms with van der Waals surface area (Å²) in [4.78, 5) is 14.4. The zero-order chi connectivity index (χ0) is 17.1. The molecule has 2 aliphatic heterocycles. The Morgan fingerprint density at radius 2 is 2.00 bits per heavy atom. The summed E-state index contributed by atoms with van der Waals surface area (Å²) in [6.07, 6.45) is 2.58. The fourth-order valence-corrected chi connectivity index (χ4v) is 3.70. The van der Waals surface area contributed by atoms with Crippen LogP contribution in [0.15, 0.2) is 12.1 Å². The fraction of sp³-hybridized carbons (Fsp3) is 0.588. The van der Waals surface area contributed by atoms with Crippen molar-refractivity contribution in [1.29, 1.82) is 0 Å². The monoisotopic (exact) mass is 372 g/mol. The molecule has 0 spiro atoms. The molecule has 1 aromatic rings. The van der Waals surface area contributed by atoms with Crippen molar-refractivity contribution in [1.82, 2.24) is 10.2 Å². The molecular weight excluding hydrogens is 351 g/mol. The standard InChI is InChI=1S/C17H22Cl2N2O3/c18-13-8-12(16(22)9-14(13)19)7-11-1-4-21(5-2-11)17(23)15-10-24-6-3-20-15/h8-9,11,15,20,22H,1-7,10H2/t15-/m1/s1. The first-order valence-electron chi connectivity index (χ1n) is 8.31. The lowest BCUT2D eigenvalue weighted by Gasteiger charge is -2.35. The Hall–Kier alpha value is -1.01. The SMILES string of the molecule is O=C([C@H]1COCCN1)N1CCC(Cc2cc(Cl)c(Cl)cc2O)CC1. The van der Waals surface area contributed by atoms with Gasteiger partial charge in [0.25, 0.3) is 0 Å². The van der Waals surface area contributed by atoms with Gasteiger partial charge in [0.1, 0.15) is 11.8 Å². The molecule has 3 rings (SSSR count). The smallest absolute Gasteiger partial charge is 0.242 e. The van der Waals surface area contributed by atoms with Crippen LogP contribution in [0.1, 0.15) is 18.4 Å². The topological polar surface area (TPSA) is 61.8 Å². The fourth-order valence-electron chi connectivity index (χ4n) is 3.35. The van der Waals surface area contributed by atoms with Gasteiger partial charge in [-0.15, -0.1) is 0 Å². The average molecular weight is 373 g/mol. The van der Waals surface area contributed by atoms with Gasteiger partial charge in [0.2, 0.25) is 5.91 Å². The maximum Gasteiger partial charge on any atom is 0.242 e. The number of hydrogen-bond donors (Lipinski definition) is 2. The third kappa shape index (κ3) is 4.14.